The zero-order valence-corrected chi connectivity index (χ0v) is 9.11. The van der Waals surface area contributed by atoms with E-state index in [1.165, 1.54) is 19.1 Å². The lowest BCUT2D eigenvalue weighted by atomic mass is 10.0. The van der Waals surface area contributed by atoms with Gasteiger partial charge in [0.2, 0.25) is 0 Å². The van der Waals surface area contributed by atoms with Crippen molar-refractivity contribution in [1.29, 1.82) is 5.26 Å². The van der Waals surface area contributed by atoms with Gasteiger partial charge in [0.15, 0.2) is 12.1 Å². The van der Waals surface area contributed by atoms with E-state index >= 15 is 0 Å². The second-order valence-corrected chi connectivity index (χ2v) is 3.15. The van der Waals surface area contributed by atoms with E-state index in [2.05, 4.69) is 0 Å². The molecule has 0 aliphatic heterocycles. The topological polar surface area (TPSA) is 67.2 Å². The predicted molar refractivity (Wildman–Crippen MR) is 57.7 cm³/mol. The maximum absolute atomic E-state index is 11.3. The normalized spacial score (nSPS) is 9.31. The SMILES string of the molecule is CCOc1cc(C(C)=O)c(C=O)cc1C#N. The van der Waals surface area contributed by atoms with Crippen LogP contribution in [0.4, 0.5) is 0 Å². The van der Waals surface area contributed by atoms with Crippen molar-refractivity contribution < 1.29 is 14.3 Å². The summed E-state index contributed by atoms with van der Waals surface area (Å²) in [6.45, 7) is 3.54. The number of ether oxygens (including phenoxy) is 1. The van der Waals surface area contributed by atoms with Crippen LogP contribution in [0.3, 0.4) is 0 Å². The molecule has 1 rings (SSSR count). The Morgan fingerprint density at radius 2 is 2.25 bits per heavy atom. The monoisotopic (exact) mass is 217 g/mol. The summed E-state index contributed by atoms with van der Waals surface area (Å²) in [5.41, 5.74) is 0.749. The van der Waals surface area contributed by atoms with Gasteiger partial charge in [0.05, 0.1) is 12.2 Å². The Bertz CT molecular complexity index is 472. The second kappa shape index (κ2) is 5.08. The Hall–Kier alpha value is -2.15. The van der Waals surface area contributed by atoms with Crippen LogP contribution in [0.5, 0.6) is 5.75 Å². The van der Waals surface area contributed by atoms with Crippen molar-refractivity contribution in [1.82, 2.24) is 0 Å². The van der Waals surface area contributed by atoms with Gasteiger partial charge in [-0.3, -0.25) is 9.59 Å². The van der Waals surface area contributed by atoms with Crippen LogP contribution in [0.2, 0.25) is 0 Å². The first-order valence-corrected chi connectivity index (χ1v) is 4.81. The molecule has 0 aromatic heterocycles. The molecular formula is C12H11NO3. The molecule has 0 N–H and O–H groups in total. The molecular weight excluding hydrogens is 206 g/mol. The molecule has 4 heteroatoms. The zero-order valence-electron chi connectivity index (χ0n) is 9.11. The summed E-state index contributed by atoms with van der Waals surface area (Å²) in [6.07, 6.45) is 0.563. The molecule has 0 saturated carbocycles. The number of carbonyl (C=O) groups is 2. The van der Waals surface area contributed by atoms with Crippen LogP contribution in [0.25, 0.3) is 0 Å². The summed E-state index contributed by atoms with van der Waals surface area (Å²) in [4.78, 5) is 22.1. The van der Waals surface area contributed by atoms with E-state index in [4.69, 9.17) is 10.00 Å². The summed E-state index contributed by atoms with van der Waals surface area (Å²) < 4.78 is 5.23. The van der Waals surface area contributed by atoms with E-state index < -0.39 is 0 Å². The number of ketones is 1. The first-order chi connectivity index (χ1) is 7.63. The molecule has 0 unspecified atom stereocenters. The number of aldehydes is 1. The van der Waals surface area contributed by atoms with E-state index in [9.17, 15) is 9.59 Å². The third-order valence-corrected chi connectivity index (χ3v) is 2.08. The van der Waals surface area contributed by atoms with E-state index in [0.29, 0.717) is 18.6 Å². The fraction of sp³-hybridized carbons (Fsp3) is 0.250. The van der Waals surface area contributed by atoms with Gasteiger partial charge in [0.25, 0.3) is 0 Å². The van der Waals surface area contributed by atoms with Crippen molar-refractivity contribution in [2.45, 2.75) is 13.8 Å². The van der Waals surface area contributed by atoms with Crippen molar-refractivity contribution >= 4 is 12.1 Å². The molecule has 1 aromatic carbocycles. The largest absolute Gasteiger partial charge is 0.492 e. The van der Waals surface area contributed by atoms with Crippen molar-refractivity contribution in [2.75, 3.05) is 6.61 Å². The van der Waals surface area contributed by atoms with Crippen LogP contribution >= 0.6 is 0 Å². The third-order valence-electron chi connectivity index (χ3n) is 2.08. The molecule has 16 heavy (non-hydrogen) atoms. The minimum atomic E-state index is -0.229. The van der Waals surface area contributed by atoms with Crippen LogP contribution in [-0.2, 0) is 0 Å². The zero-order chi connectivity index (χ0) is 12.1. The van der Waals surface area contributed by atoms with Gasteiger partial charge in [-0.25, -0.2) is 0 Å². The maximum atomic E-state index is 11.3. The fourth-order valence-electron chi connectivity index (χ4n) is 1.36. The highest BCUT2D eigenvalue weighted by molar-refractivity contribution is 6.02. The second-order valence-electron chi connectivity index (χ2n) is 3.15. The summed E-state index contributed by atoms with van der Waals surface area (Å²) in [6, 6.07) is 4.73. The smallest absolute Gasteiger partial charge is 0.160 e. The predicted octanol–water partition coefficient (Wildman–Crippen LogP) is 1.97. The molecule has 0 atom stereocenters. The molecule has 0 spiro atoms. The Balaban J connectivity index is 3.41. The van der Waals surface area contributed by atoms with Gasteiger partial charge in [0, 0.05) is 11.1 Å². The molecule has 0 fully saturated rings. The van der Waals surface area contributed by atoms with E-state index in [1.54, 1.807) is 6.92 Å². The minimum Gasteiger partial charge on any atom is -0.492 e. The van der Waals surface area contributed by atoms with Gasteiger partial charge in [0.1, 0.15) is 11.8 Å². The Kier molecular flexibility index (Phi) is 3.78. The minimum absolute atomic E-state index is 0.215. The lowest BCUT2D eigenvalue weighted by Crippen LogP contribution is -2.03. The average molecular weight is 217 g/mol. The van der Waals surface area contributed by atoms with Crippen LogP contribution in [0.15, 0.2) is 12.1 Å². The number of hydrogen-bond acceptors (Lipinski definition) is 4. The van der Waals surface area contributed by atoms with Gasteiger partial charge >= 0.3 is 0 Å². The summed E-state index contributed by atoms with van der Waals surface area (Å²) in [5.74, 6) is 0.105. The highest BCUT2D eigenvalue weighted by atomic mass is 16.5. The summed E-state index contributed by atoms with van der Waals surface area (Å²) >= 11 is 0. The number of rotatable bonds is 4. The lowest BCUT2D eigenvalue weighted by Gasteiger charge is -2.08. The third kappa shape index (κ3) is 2.26. The van der Waals surface area contributed by atoms with Gasteiger partial charge in [-0.2, -0.15) is 5.26 Å². The number of benzene rings is 1. The number of nitriles is 1. The van der Waals surface area contributed by atoms with Gasteiger partial charge in [-0.1, -0.05) is 0 Å². The number of Topliss-reactive ketones (excluding diaryl/α,β-unsaturated/α-hetero) is 1. The van der Waals surface area contributed by atoms with Crippen molar-refractivity contribution in [2.24, 2.45) is 0 Å². The average Bonchev–Trinajstić information content (AvgIpc) is 2.28. The Morgan fingerprint density at radius 1 is 1.56 bits per heavy atom. The van der Waals surface area contributed by atoms with Gasteiger partial charge in [-0.15, -0.1) is 0 Å². The van der Waals surface area contributed by atoms with Gasteiger partial charge in [-0.05, 0) is 26.0 Å². The molecule has 0 heterocycles. The van der Waals surface area contributed by atoms with E-state index in [0.717, 1.165) is 0 Å². The quantitative estimate of drug-likeness (QED) is 0.571. The molecule has 1 aromatic rings. The molecule has 82 valence electrons. The van der Waals surface area contributed by atoms with Crippen LogP contribution < -0.4 is 4.74 Å². The van der Waals surface area contributed by atoms with Crippen LogP contribution in [-0.4, -0.2) is 18.7 Å². The summed E-state index contributed by atoms with van der Waals surface area (Å²) in [7, 11) is 0. The molecule has 0 bridgehead atoms. The summed E-state index contributed by atoms with van der Waals surface area (Å²) in [5, 5.41) is 8.86. The number of carbonyl (C=O) groups excluding carboxylic acids is 2. The van der Waals surface area contributed by atoms with Crippen molar-refractivity contribution in [3.05, 3.63) is 28.8 Å². The molecule has 4 nitrogen and oxygen atoms in total. The molecule has 0 amide bonds. The van der Waals surface area contributed by atoms with E-state index in [1.807, 2.05) is 6.07 Å². The fourth-order valence-corrected chi connectivity index (χ4v) is 1.36. The molecule has 0 aliphatic rings. The van der Waals surface area contributed by atoms with Crippen LogP contribution in [0.1, 0.15) is 40.1 Å². The highest BCUT2D eigenvalue weighted by Crippen LogP contribution is 2.23. The molecule has 0 radical (unpaired) electrons. The number of nitrogens with zero attached hydrogens (tertiary/aromatic N) is 1. The van der Waals surface area contributed by atoms with Crippen molar-refractivity contribution in [3.63, 3.8) is 0 Å². The maximum Gasteiger partial charge on any atom is 0.160 e. The van der Waals surface area contributed by atoms with Crippen molar-refractivity contribution in [3.8, 4) is 11.8 Å². The van der Waals surface area contributed by atoms with Crippen LogP contribution in [0, 0.1) is 11.3 Å². The number of hydrogen-bond donors (Lipinski definition) is 0. The highest BCUT2D eigenvalue weighted by Gasteiger charge is 2.13. The van der Waals surface area contributed by atoms with E-state index in [-0.39, 0.29) is 22.5 Å². The Morgan fingerprint density at radius 3 is 2.69 bits per heavy atom. The first kappa shape index (κ1) is 11.9. The first-order valence-electron chi connectivity index (χ1n) is 4.81. The molecule has 0 aliphatic carbocycles. The standard InChI is InChI=1S/C12H11NO3/c1-3-16-12-5-11(8(2)15)10(7-14)4-9(12)6-13/h4-5,7H,3H2,1-2H3. The lowest BCUT2D eigenvalue weighted by molar-refractivity contribution is 0.100. The Labute approximate surface area is 93.5 Å². The molecule has 0 saturated heterocycles. The van der Waals surface area contributed by atoms with Gasteiger partial charge < -0.3 is 4.74 Å².